The van der Waals surface area contributed by atoms with Crippen LogP contribution in [-0.4, -0.2) is 35.2 Å². The Morgan fingerprint density at radius 2 is 2.07 bits per heavy atom. The summed E-state index contributed by atoms with van der Waals surface area (Å²) in [5.41, 5.74) is 9.70. The molecule has 156 valence electrons. The summed E-state index contributed by atoms with van der Waals surface area (Å²) in [5.74, 6) is 1.05. The van der Waals surface area contributed by atoms with Crippen molar-refractivity contribution in [2.24, 2.45) is 5.10 Å². The Kier molecular flexibility index (Phi) is 7.89. The summed E-state index contributed by atoms with van der Waals surface area (Å²) in [5, 5.41) is 12.5. The monoisotopic (exact) mass is 463 g/mol. The third kappa shape index (κ3) is 6.61. The van der Waals surface area contributed by atoms with Gasteiger partial charge in [0.05, 0.1) is 19.1 Å². The van der Waals surface area contributed by atoms with E-state index in [1.54, 1.807) is 19.2 Å². The number of carbonyl (C=O) groups is 1. The van der Waals surface area contributed by atoms with E-state index in [1.807, 2.05) is 30.3 Å². The number of nitrogens with two attached hydrogens (primary N) is 1. The molecule has 0 spiro atoms. The number of ether oxygens (including phenoxy) is 2. The number of methoxy groups -OCH3 is 1. The number of hydrazone groups is 1. The van der Waals surface area contributed by atoms with Crippen LogP contribution < -0.4 is 20.6 Å². The maximum atomic E-state index is 11.9. The number of benzene rings is 2. The topological polar surface area (TPSA) is 112 Å². The summed E-state index contributed by atoms with van der Waals surface area (Å²) >= 11 is 8.36. The van der Waals surface area contributed by atoms with Crippen LogP contribution in [-0.2, 0) is 11.4 Å². The van der Waals surface area contributed by atoms with Gasteiger partial charge in [-0.2, -0.15) is 5.10 Å². The summed E-state index contributed by atoms with van der Waals surface area (Å²) in [6.45, 7) is 0.384. The maximum absolute atomic E-state index is 11.9. The Morgan fingerprint density at radius 1 is 1.27 bits per heavy atom. The van der Waals surface area contributed by atoms with Gasteiger partial charge in [0.1, 0.15) is 6.61 Å². The molecule has 3 aromatic rings. The molecule has 0 aliphatic rings. The quantitative estimate of drug-likeness (QED) is 0.283. The maximum Gasteiger partial charge on any atom is 0.250 e. The molecule has 0 unspecified atom stereocenters. The summed E-state index contributed by atoms with van der Waals surface area (Å²) in [6, 6.07) is 12.8. The molecule has 0 aliphatic carbocycles. The number of nitrogens with one attached hydrogen (secondary N) is 1. The van der Waals surface area contributed by atoms with Gasteiger partial charge < -0.3 is 15.2 Å². The first-order valence-electron chi connectivity index (χ1n) is 8.62. The lowest BCUT2D eigenvalue weighted by Gasteiger charge is -2.11. The number of amides is 1. The van der Waals surface area contributed by atoms with Gasteiger partial charge in [-0.15, -0.1) is 10.2 Å². The summed E-state index contributed by atoms with van der Waals surface area (Å²) < 4.78 is 11.8. The van der Waals surface area contributed by atoms with Crippen LogP contribution in [0.3, 0.4) is 0 Å². The van der Waals surface area contributed by atoms with Gasteiger partial charge in [0.25, 0.3) is 5.91 Å². The SMILES string of the molecule is COc1cc(C=NNC(=O)CSc2nnc(N)s2)ccc1OCc1ccc(Cl)cc1. The lowest BCUT2D eigenvalue weighted by molar-refractivity contribution is -0.118. The normalized spacial score (nSPS) is 10.9. The first kappa shape index (κ1) is 21.9. The van der Waals surface area contributed by atoms with Crippen molar-refractivity contribution in [1.82, 2.24) is 15.6 Å². The highest BCUT2D eigenvalue weighted by atomic mass is 35.5. The van der Waals surface area contributed by atoms with E-state index in [2.05, 4.69) is 20.7 Å². The number of thioether (sulfide) groups is 1. The predicted octanol–water partition coefficient (Wildman–Crippen LogP) is 3.60. The van der Waals surface area contributed by atoms with Crippen LogP contribution in [0.4, 0.5) is 5.13 Å². The minimum atomic E-state index is -0.264. The molecule has 0 radical (unpaired) electrons. The molecule has 8 nitrogen and oxygen atoms in total. The second-order valence-corrected chi connectivity index (χ2v) is 8.48. The average molecular weight is 464 g/mol. The molecule has 0 saturated carbocycles. The molecule has 1 aromatic heterocycles. The van der Waals surface area contributed by atoms with Crippen LogP contribution in [0.25, 0.3) is 0 Å². The van der Waals surface area contributed by atoms with Crippen LogP contribution in [0.15, 0.2) is 51.9 Å². The van der Waals surface area contributed by atoms with Crippen molar-refractivity contribution in [3.8, 4) is 11.5 Å². The Hall–Kier alpha value is -2.82. The number of nitrogens with zero attached hydrogens (tertiary/aromatic N) is 3. The lowest BCUT2D eigenvalue weighted by Crippen LogP contribution is -2.19. The summed E-state index contributed by atoms with van der Waals surface area (Å²) in [6.07, 6.45) is 1.52. The largest absolute Gasteiger partial charge is 0.493 e. The molecule has 0 aliphatic heterocycles. The van der Waals surface area contributed by atoms with Crippen molar-refractivity contribution in [3.05, 3.63) is 58.6 Å². The molecule has 3 N–H and O–H groups in total. The molecule has 3 rings (SSSR count). The molecule has 0 fully saturated rings. The van der Waals surface area contributed by atoms with E-state index in [1.165, 1.54) is 29.3 Å². The zero-order chi connectivity index (χ0) is 21.3. The van der Waals surface area contributed by atoms with Crippen molar-refractivity contribution >= 4 is 52.0 Å². The molecule has 0 atom stereocenters. The van der Waals surface area contributed by atoms with Gasteiger partial charge in [-0.05, 0) is 41.5 Å². The number of aromatic nitrogens is 2. The minimum Gasteiger partial charge on any atom is -0.493 e. The number of hydrogen-bond acceptors (Lipinski definition) is 9. The van der Waals surface area contributed by atoms with E-state index in [-0.39, 0.29) is 11.7 Å². The van der Waals surface area contributed by atoms with Gasteiger partial charge in [-0.25, -0.2) is 5.43 Å². The highest BCUT2D eigenvalue weighted by Gasteiger charge is 2.07. The molecule has 1 heterocycles. The number of hydrogen-bond donors (Lipinski definition) is 2. The van der Waals surface area contributed by atoms with E-state index in [4.69, 9.17) is 26.8 Å². The molecule has 0 bridgehead atoms. The van der Waals surface area contributed by atoms with Crippen molar-refractivity contribution in [3.63, 3.8) is 0 Å². The highest BCUT2D eigenvalue weighted by molar-refractivity contribution is 8.01. The average Bonchev–Trinajstić information content (AvgIpc) is 3.17. The number of anilines is 1. The van der Waals surface area contributed by atoms with Gasteiger partial charge >= 0.3 is 0 Å². The van der Waals surface area contributed by atoms with Crippen molar-refractivity contribution < 1.29 is 14.3 Å². The molecule has 11 heteroatoms. The third-order valence-corrected chi connectivity index (χ3v) is 5.78. The Balaban J connectivity index is 1.51. The fourth-order valence-corrected chi connectivity index (χ4v) is 3.80. The van der Waals surface area contributed by atoms with E-state index in [0.717, 1.165) is 11.1 Å². The molecule has 2 aromatic carbocycles. The second kappa shape index (κ2) is 10.8. The number of halogens is 1. The number of carbonyl (C=O) groups excluding carboxylic acids is 1. The molecule has 1 amide bonds. The number of nitrogen functional groups attached to an aromatic ring is 1. The zero-order valence-corrected chi connectivity index (χ0v) is 18.3. The fraction of sp³-hybridized carbons (Fsp3) is 0.158. The van der Waals surface area contributed by atoms with Gasteiger partial charge in [-0.3, -0.25) is 4.79 Å². The molecule has 30 heavy (non-hydrogen) atoms. The van der Waals surface area contributed by atoms with E-state index in [0.29, 0.717) is 32.6 Å². The molecule has 0 saturated heterocycles. The Bertz CT molecular complexity index is 1030. The third-order valence-electron chi connectivity index (χ3n) is 3.65. The summed E-state index contributed by atoms with van der Waals surface area (Å²) in [7, 11) is 1.56. The smallest absolute Gasteiger partial charge is 0.250 e. The fourth-order valence-electron chi connectivity index (χ4n) is 2.24. The number of rotatable bonds is 9. The molecular formula is C19H18ClN5O3S2. The standard InChI is InChI=1S/C19H18ClN5O3S2/c1-27-16-8-13(4-7-15(16)28-10-12-2-5-14(20)6-3-12)9-22-23-17(26)11-29-19-25-24-18(21)30-19/h2-9H,10-11H2,1H3,(H2,21,24)(H,23,26). The van der Waals surface area contributed by atoms with E-state index < -0.39 is 0 Å². The van der Waals surface area contributed by atoms with Crippen LogP contribution >= 0.6 is 34.7 Å². The first-order chi connectivity index (χ1) is 14.5. The van der Waals surface area contributed by atoms with Gasteiger partial charge in [0.15, 0.2) is 15.8 Å². The lowest BCUT2D eigenvalue weighted by atomic mass is 10.2. The van der Waals surface area contributed by atoms with Gasteiger partial charge in [0, 0.05) is 5.02 Å². The van der Waals surface area contributed by atoms with Crippen molar-refractivity contribution in [2.75, 3.05) is 18.6 Å². The van der Waals surface area contributed by atoms with Crippen molar-refractivity contribution in [2.45, 2.75) is 10.9 Å². The van der Waals surface area contributed by atoms with E-state index in [9.17, 15) is 4.79 Å². The van der Waals surface area contributed by atoms with Crippen LogP contribution in [0.1, 0.15) is 11.1 Å². The Labute approximate surface area is 186 Å². The zero-order valence-electron chi connectivity index (χ0n) is 15.9. The highest BCUT2D eigenvalue weighted by Crippen LogP contribution is 2.28. The van der Waals surface area contributed by atoms with Crippen LogP contribution in [0.2, 0.25) is 5.02 Å². The van der Waals surface area contributed by atoms with E-state index >= 15 is 0 Å². The first-order valence-corrected chi connectivity index (χ1v) is 10.8. The van der Waals surface area contributed by atoms with Crippen molar-refractivity contribution in [1.29, 1.82) is 0 Å². The second-order valence-electron chi connectivity index (χ2n) is 5.81. The van der Waals surface area contributed by atoms with Crippen LogP contribution in [0, 0.1) is 0 Å². The van der Waals surface area contributed by atoms with Gasteiger partial charge in [0.2, 0.25) is 5.13 Å². The Morgan fingerprint density at radius 3 is 2.77 bits per heavy atom. The minimum absolute atomic E-state index is 0.159. The van der Waals surface area contributed by atoms with Gasteiger partial charge in [-0.1, -0.05) is 46.8 Å². The predicted molar refractivity (Wildman–Crippen MR) is 120 cm³/mol. The van der Waals surface area contributed by atoms with Crippen LogP contribution in [0.5, 0.6) is 11.5 Å². The summed E-state index contributed by atoms with van der Waals surface area (Å²) in [4.78, 5) is 11.9. The molecular weight excluding hydrogens is 446 g/mol.